The Kier molecular flexibility index (Phi) is 3.36. The van der Waals surface area contributed by atoms with Crippen molar-refractivity contribution in [2.45, 2.75) is 52.0 Å². The molecular formula is C13H22N2S. The third-order valence-electron chi connectivity index (χ3n) is 3.88. The Morgan fingerprint density at radius 3 is 2.75 bits per heavy atom. The molecule has 2 nitrogen and oxygen atoms in total. The quantitative estimate of drug-likeness (QED) is 0.874. The number of thiazole rings is 1. The average molecular weight is 238 g/mol. The van der Waals surface area contributed by atoms with Crippen molar-refractivity contribution in [1.29, 1.82) is 0 Å². The molecule has 0 amide bonds. The lowest BCUT2D eigenvalue weighted by Gasteiger charge is -2.26. The van der Waals surface area contributed by atoms with Gasteiger partial charge in [0.15, 0.2) is 0 Å². The molecule has 0 bridgehead atoms. The van der Waals surface area contributed by atoms with Crippen LogP contribution in [0.5, 0.6) is 0 Å². The SMILES string of the molecule is CCc1nc(C2(NC)CCC(C)C2)sc1C. The molecule has 1 aromatic rings. The summed E-state index contributed by atoms with van der Waals surface area (Å²) in [5.74, 6) is 0.821. The highest BCUT2D eigenvalue weighted by atomic mass is 32.1. The van der Waals surface area contributed by atoms with E-state index in [1.54, 1.807) is 0 Å². The van der Waals surface area contributed by atoms with Crippen molar-refractivity contribution in [2.75, 3.05) is 7.05 Å². The minimum atomic E-state index is 0.169. The standard InChI is InChI=1S/C13H22N2S/c1-5-11-10(3)16-12(15-11)13(14-4)7-6-9(2)8-13/h9,14H,5-8H2,1-4H3. The number of nitrogens with zero attached hydrogens (tertiary/aromatic N) is 1. The average Bonchev–Trinajstić information content (AvgIpc) is 2.83. The minimum absolute atomic E-state index is 0.169. The van der Waals surface area contributed by atoms with Crippen LogP contribution in [0, 0.1) is 12.8 Å². The lowest BCUT2D eigenvalue weighted by molar-refractivity contribution is 0.357. The summed E-state index contributed by atoms with van der Waals surface area (Å²) in [4.78, 5) is 6.24. The second kappa shape index (κ2) is 4.46. The first-order valence-electron chi connectivity index (χ1n) is 6.27. The van der Waals surface area contributed by atoms with E-state index in [9.17, 15) is 0 Å². The Morgan fingerprint density at radius 1 is 1.56 bits per heavy atom. The van der Waals surface area contributed by atoms with Gasteiger partial charge in [0.05, 0.1) is 11.2 Å². The molecule has 90 valence electrons. The zero-order valence-corrected chi connectivity index (χ0v) is 11.6. The summed E-state index contributed by atoms with van der Waals surface area (Å²) >= 11 is 1.89. The van der Waals surface area contributed by atoms with E-state index < -0.39 is 0 Å². The molecular weight excluding hydrogens is 216 g/mol. The molecule has 0 saturated heterocycles. The number of aromatic nitrogens is 1. The second-order valence-corrected chi connectivity index (χ2v) is 6.26. The van der Waals surface area contributed by atoms with Crippen LogP contribution >= 0.6 is 11.3 Å². The third-order valence-corrected chi connectivity index (χ3v) is 5.09. The Bertz CT molecular complexity index is 372. The third kappa shape index (κ3) is 1.91. The van der Waals surface area contributed by atoms with E-state index in [0.29, 0.717) is 0 Å². The van der Waals surface area contributed by atoms with Crippen LogP contribution in [0.25, 0.3) is 0 Å². The van der Waals surface area contributed by atoms with Crippen molar-refractivity contribution >= 4 is 11.3 Å². The van der Waals surface area contributed by atoms with Crippen LogP contribution in [0.3, 0.4) is 0 Å². The summed E-state index contributed by atoms with van der Waals surface area (Å²) in [6, 6.07) is 0. The second-order valence-electron chi connectivity index (χ2n) is 5.06. The van der Waals surface area contributed by atoms with Crippen LogP contribution in [0.1, 0.15) is 48.7 Å². The summed E-state index contributed by atoms with van der Waals surface area (Å²) in [5, 5.41) is 4.85. The van der Waals surface area contributed by atoms with E-state index in [4.69, 9.17) is 4.98 Å². The summed E-state index contributed by atoms with van der Waals surface area (Å²) in [6.45, 7) is 6.73. The van der Waals surface area contributed by atoms with Gasteiger partial charge in [0.25, 0.3) is 0 Å². The van der Waals surface area contributed by atoms with Crippen LogP contribution in [0.2, 0.25) is 0 Å². The normalized spacial score (nSPS) is 29.9. The molecule has 2 rings (SSSR count). The lowest BCUT2D eigenvalue weighted by atomic mass is 9.97. The van der Waals surface area contributed by atoms with Crippen LogP contribution < -0.4 is 5.32 Å². The molecule has 1 saturated carbocycles. The smallest absolute Gasteiger partial charge is 0.113 e. The van der Waals surface area contributed by atoms with E-state index in [-0.39, 0.29) is 5.54 Å². The Hall–Kier alpha value is -0.410. The molecule has 1 heterocycles. The fourth-order valence-corrected chi connectivity index (χ4v) is 4.02. The molecule has 0 aliphatic heterocycles. The van der Waals surface area contributed by atoms with Crippen molar-refractivity contribution < 1.29 is 0 Å². The topological polar surface area (TPSA) is 24.9 Å². The van der Waals surface area contributed by atoms with E-state index in [2.05, 4.69) is 33.1 Å². The van der Waals surface area contributed by atoms with Crippen molar-refractivity contribution in [3.63, 3.8) is 0 Å². The molecule has 0 spiro atoms. The van der Waals surface area contributed by atoms with Crippen molar-refractivity contribution in [3.8, 4) is 0 Å². The fourth-order valence-electron chi connectivity index (χ4n) is 2.78. The van der Waals surface area contributed by atoms with Crippen LogP contribution in [-0.2, 0) is 12.0 Å². The van der Waals surface area contributed by atoms with E-state index >= 15 is 0 Å². The van der Waals surface area contributed by atoms with Crippen LogP contribution in [-0.4, -0.2) is 12.0 Å². The number of hydrogen-bond acceptors (Lipinski definition) is 3. The Morgan fingerprint density at radius 2 is 2.31 bits per heavy atom. The lowest BCUT2D eigenvalue weighted by Crippen LogP contribution is -2.37. The van der Waals surface area contributed by atoms with Gasteiger partial charge in [0.2, 0.25) is 0 Å². The monoisotopic (exact) mass is 238 g/mol. The molecule has 1 fully saturated rings. The van der Waals surface area contributed by atoms with Gasteiger partial charge in [0, 0.05) is 4.88 Å². The summed E-state index contributed by atoms with van der Waals surface area (Å²) < 4.78 is 0. The van der Waals surface area contributed by atoms with Gasteiger partial charge >= 0.3 is 0 Å². The van der Waals surface area contributed by atoms with E-state index in [1.807, 2.05) is 11.3 Å². The number of rotatable bonds is 3. The van der Waals surface area contributed by atoms with Gasteiger partial charge in [-0.3, -0.25) is 0 Å². The van der Waals surface area contributed by atoms with Gasteiger partial charge in [-0.25, -0.2) is 4.98 Å². The van der Waals surface area contributed by atoms with Gasteiger partial charge in [0.1, 0.15) is 5.01 Å². The van der Waals surface area contributed by atoms with Gasteiger partial charge in [-0.05, 0) is 45.6 Å². The Balaban J connectivity index is 2.33. The van der Waals surface area contributed by atoms with Gasteiger partial charge in [-0.1, -0.05) is 13.8 Å². The molecule has 16 heavy (non-hydrogen) atoms. The molecule has 0 aromatic carbocycles. The zero-order chi connectivity index (χ0) is 11.8. The molecule has 0 radical (unpaired) electrons. The number of nitrogens with one attached hydrogen (secondary N) is 1. The van der Waals surface area contributed by atoms with Crippen molar-refractivity contribution in [2.24, 2.45) is 5.92 Å². The predicted octanol–water partition coefficient (Wildman–Crippen LogP) is 3.25. The predicted molar refractivity (Wildman–Crippen MR) is 70.0 cm³/mol. The van der Waals surface area contributed by atoms with Crippen LogP contribution in [0.4, 0.5) is 0 Å². The van der Waals surface area contributed by atoms with Gasteiger partial charge in [-0.15, -0.1) is 11.3 Å². The molecule has 1 aliphatic carbocycles. The highest BCUT2D eigenvalue weighted by Crippen LogP contribution is 2.43. The maximum Gasteiger partial charge on any atom is 0.113 e. The first kappa shape index (κ1) is 12.1. The van der Waals surface area contributed by atoms with E-state index in [0.717, 1.165) is 12.3 Å². The first-order valence-corrected chi connectivity index (χ1v) is 7.08. The maximum atomic E-state index is 4.84. The molecule has 1 N–H and O–H groups in total. The maximum absolute atomic E-state index is 4.84. The zero-order valence-electron chi connectivity index (χ0n) is 10.8. The van der Waals surface area contributed by atoms with Crippen molar-refractivity contribution in [3.05, 3.63) is 15.6 Å². The molecule has 3 heteroatoms. The van der Waals surface area contributed by atoms with Crippen LogP contribution in [0.15, 0.2) is 0 Å². The first-order chi connectivity index (χ1) is 7.61. The molecule has 2 atom stereocenters. The van der Waals surface area contributed by atoms with Gasteiger partial charge in [-0.2, -0.15) is 0 Å². The summed E-state index contributed by atoms with van der Waals surface area (Å²) in [6.07, 6.45) is 4.85. The minimum Gasteiger partial charge on any atom is -0.308 e. The molecule has 2 unspecified atom stereocenters. The fraction of sp³-hybridized carbons (Fsp3) is 0.769. The molecule has 1 aromatic heterocycles. The van der Waals surface area contributed by atoms with E-state index in [1.165, 1.54) is 34.8 Å². The number of hydrogen-bond donors (Lipinski definition) is 1. The summed E-state index contributed by atoms with van der Waals surface area (Å²) in [5.41, 5.74) is 1.46. The van der Waals surface area contributed by atoms with Crippen molar-refractivity contribution in [1.82, 2.24) is 10.3 Å². The highest BCUT2D eigenvalue weighted by Gasteiger charge is 2.40. The largest absolute Gasteiger partial charge is 0.308 e. The highest BCUT2D eigenvalue weighted by molar-refractivity contribution is 7.11. The Labute approximate surface area is 102 Å². The number of aryl methyl sites for hydroxylation is 2. The van der Waals surface area contributed by atoms with Gasteiger partial charge < -0.3 is 5.32 Å². The molecule has 1 aliphatic rings. The summed E-state index contributed by atoms with van der Waals surface area (Å²) in [7, 11) is 2.08.